The van der Waals surface area contributed by atoms with Gasteiger partial charge in [0.1, 0.15) is 0 Å². The van der Waals surface area contributed by atoms with Crippen molar-refractivity contribution < 1.29 is 4.79 Å². The second-order valence-electron chi connectivity index (χ2n) is 2.93. The van der Waals surface area contributed by atoms with E-state index < -0.39 is 0 Å². The quantitative estimate of drug-likeness (QED) is 0.607. The van der Waals surface area contributed by atoms with Gasteiger partial charge in [-0.1, -0.05) is 20.8 Å². The van der Waals surface area contributed by atoms with E-state index in [1.165, 1.54) is 0 Å². The maximum atomic E-state index is 11.4. The van der Waals surface area contributed by atoms with Crippen LogP contribution in [0.4, 0.5) is 0 Å². The highest BCUT2D eigenvalue weighted by Gasteiger charge is 2.13. The van der Waals surface area contributed by atoms with Crippen molar-refractivity contribution in [3.63, 3.8) is 0 Å². The Hall–Kier alpha value is -0.530. The number of carbonyl (C=O) groups excluding carboxylic acids is 1. The predicted molar refractivity (Wildman–Crippen MR) is 47.1 cm³/mol. The maximum Gasteiger partial charge on any atom is 0.225 e. The Balaban J connectivity index is 3.92. The summed E-state index contributed by atoms with van der Waals surface area (Å²) >= 11 is 0. The average molecular weight is 156 g/mol. The van der Waals surface area contributed by atoms with Gasteiger partial charge in [-0.3, -0.25) is 4.79 Å². The highest BCUT2D eigenvalue weighted by molar-refractivity contribution is 5.78. The van der Waals surface area contributed by atoms with Crippen LogP contribution in [0, 0.1) is 12.8 Å². The highest BCUT2D eigenvalue weighted by atomic mass is 16.2. The van der Waals surface area contributed by atoms with E-state index in [1.807, 2.05) is 25.7 Å². The minimum atomic E-state index is 0.112. The SMILES string of the molecule is [CH2]CCN(CC)C(=O)C(C)C. The van der Waals surface area contributed by atoms with Crippen LogP contribution in [0.15, 0.2) is 0 Å². The molecule has 2 heteroatoms. The lowest BCUT2D eigenvalue weighted by atomic mass is 10.2. The number of rotatable bonds is 4. The lowest BCUT2D eigenvalue weighted by molar-refractivity contribution is -0.134. The molecular weight excluding hydrogens is 138 g/mol. The molecule has 1 amide bonds. The van der Waals surface area contributed by atoms with Gasteiger partial charge < -0.3 is 4.90 Å². The summed E-state index contributed by atoms with van der Waals surface area (Å²) in [6, 6.07) is 0. The first kappa shape index (κ1) is 10.5. The van der Waals surface area contributed by atoms with Gasteiger partial charge in [-0.25, -0.2) is 0 Å². The molecule has 11 heavy (non-hydrogen) atoms. The molecule has 0 spiro atoms. The fourth-order valence-electron chi connectivity index (χ4n) is 0.980. The molecule has 0 unspecified atom stereocenters. The number of nitrogens with zero attached hydrogens (tertiary/aromatic N) is 1. The van der Waals surface area contributed by atoms with E-state index in [-0.39, 0.29) is 11.8 Å². The fourth-order valence-corrected chi connectivity index (χ4v) is 0.980. The molecule has 0 aromatic carbocycles. The van der Waals surface area contributed by atoms with Crippen molar-refractivity contribution in [2.75, 3.05) is 13.1 Å². The number of hydrogen-bond acceptors (Lipinski definition) is 1. The van der Waals surface area contributed by atoms with Crippen molar-refractivity contribution in [3.05, 3.63) is 6.92 Å². The third-order valence-electron chi connectivity index (χ3n) is 1.62. The lowest BCUT2D eigenvalue weighted by Crippen LogP contribution is -2.34. The van der Waals surface area contributed by atoms with E-state index in [4.69, 9.17) is 0 Å². The minimum Gasteiger partial charge on any atom is -0.343 e. The molecule has 0 N–H and O–H groups in total. The Morgan fingerprint density at radius 1 is 1.55 bits per heavy atom. The number of hydrogen-bond donors (Lipinski definition) is 0. The molecule has 0 aliphatic rings. The van der Waals surface area contributed by atoms with Crippen LogP contribution in [0.25, 0.3) is 0 Å². The molecule has 65 valence electrons. The normalized spacial score (nSPS) is 10.3. The van der Waals surface area contributed by atoms with Gasteiger partial charge in [0, 0.05) is 19.0 Å². The Morgan fingerprint density at radius 3 is 2.36 bits per heavy atom. The third kappa shape index (κ3) is 3.40. The summed E-state index contributed by atoms with van der Waals surface area (Å²) < 4.78 is 0. The van der Waals surface area contributed by atoms with Gasteiger partial charge in [0.05, 0.1) is 0 Å². The largest absolute Gasteiger partial charge is 0.343 e. The van der Waals surface area contributed by atoms with Crippen LogP contribution in [0.2, 0.25) is 0 Å². The Labute approximate surface area is 69.6 Å². The lowest BCUT2D eigenvalue weighted by Gasteiger charge is -2.21. The Bertz CT molecular complexity index is 121. The first-order chi connectivity index (χ1) is 5.13. The molecule has 1 radical (unpaired) electrons. The van der Waals surface area contributed by atoms with Crippen molar-refractivity contribution in [1.29, 1.82) is 0 Å². The molecule has 0 aliphatic heterocycles. The van der Waals surface area contributed by atoms with Gasteiger partial charge in [-0.15, -0.1) is 0 Å². The van der Waals surface area contributed by atoms with Crippen LogP contribution in [-0.2, 0) is 4.79 Å². The van der Waals surface area contributed by atoms with Crippen molar-refractivity contribution in [2.45, 2.75) is 27.2 Å². The van der Waals surface area contributed by atoms with Crippen LogP contribution >= 0.6 is 0 Å². The summed E-state index contributed by atoms with van der Waals surface area (Å²) in [4.78, 5) is 13.2. The van der Waals surface area contributed by atoms with E-state index >= 15 is 0 Å². The van der Waals surface area contributed by atoms with E-state index in [1.54, 1.807) is 0 Å². The average Bonchev–Trinajstić information content (AvgIpc) is 1.98. The Kier molecular flexibility index (Phi) is 4.92. The zero-order valence-electron chi connectivity index (χ0n) is 7.76. The zero-order chi connectivity index (χ0) is 8.85. The Morgan fingerprint density at radius 2 is 2.09 bits per heavy atom. The van der Waals surface area contributed by atoms with Gasteiger partial charge in [0.2, 0.25) is 5.91 Å². The molecule has 0 bridgehead atoms. The van der Waals surface area contributed by atoms with Crippen LogP contribution < -0.4 is 0 Å². The van der Waals surface area contributed by atoms with Crippen LogP contribution in [0.3, 0.4) is 0 Å². The molecule has 2 nitrogen and oxygen atoms in total. The van der Waals surface area contributed by atoms with Gasteiger partial charge in [0.15, 0.2) is 0 Å². The minimum absolute atomic E-state index is 0.112. The number of amides is 1. The predicted octanol–water partition coefficient (Wildman–Crippen LogP) is 1.72. The highest BCUT2D eigenvalue weighted by Crippen LogP contribution is 2.01. The summed E-state index contributed by atoms with van der Waals surface area (Å²) in [6.07, 6.45) is 0.798. The molecule has 0 fully saturated rings. The van der Waals surface area contributed by atoms with Gasteiger partial charge in [0.25, 0.3) is 0 Å². The standard InChI is InChI=1S/C9H18NO/c1-5-7-10(6-2)9(11)8(3)4/h8H,1,5-7H2,2-4H3. The summed E-state index contributed by atoms with van der Waals surface area (Å²) in [5, 5.41) is 0. The molecule has 0 heterocycles. The van der Waals surface area contributed by atoms with Crippen molar-refractivity contribution in [3.8, 4) is 0 Å². The molecule has 0 aromatic rings. The van der Waals surface area contributed by atoms with Crippen molar-refractivity contribution in [2.24, 2.45) is 5.92 Å². The van der Waals surface area contributed by atoms with Crippen LogP contribution in [-0.4, -0.2) is 23.9 Å². The molecule has 0 saturated carbocycles. The van der Waals surface area contributed by atoms with E-state index in [9.17, 15) is 4.79 Å². The molecule has 0 atom stereocenters. The van der Waals surface area contributed by atoms with Crippen LogP contribution in [0.5, 0.6) is 0 Å². The van der Waals surface area contributed by atoms with Gasteiger partial charge in [-0.05, 0) is 13.3 Å². The third-order valence-corrected chi connectivity index (χ3v) is 1.62. The smallest absolute Gasteiger partial charge is 0.225 e. The maximum absolute atomic E-state index is 11.4. The first-order valence-electron chi connectivity index (χ1n) is 4.21. The van der Waals surface area contributed by atoms with E-state index in [2.05, 4.69) is 6.92 Å². The van der Waals surface area contributed by atoms with E-state index in [0.717, 1.165) is 19.5 Å². The first-order valence-corrected chi connectivity index (χ1v) is 4.21. The topological polar surface area (TPSA) is 20.3 Å². The summed E-state index contributed by atoms with van der Waals surface area (Å²) in [5.41, 5.74) is 0. The fraction of sp³-hybridized carbons (Fsp3) is 0.778. The molecule has 0 aliphatic carbocycles. The van der Waals surface area contributed by atoms with Gasteiger partial charge in [-0.2, -0.15) is 0 Å². The summed E-state index contributed by atoms with van der Waals surface area (Å²) in [6.45, 7) is 11.1. The molecule has 0 saturated heterocycles. The second-order valence-corrected chi connectivity index (χ2v) is 2.93. The monoisotopic (exact) mass is 156 g/mol. The number of carbonyl (C=O) groups is 1. The second kappa shape index (κ2) is 5.16. The summed E-state index contributed by atoms with van der Waals surface area (Å²) in [7, 11) is 0. The van der Waals surface area contributed by atoms with Crippen molar-refractivity contribution in [1.82, 2.24) is 4.90 Å². The molecule has 0 aromatic heterocycles. The van der Waals surface area contributed by atoms with Crippen molar-refractivity contribution >= 4 is 5.91 Å². The summed E-state index contributed by atoms with van der Waals surface area (Å²) in [5.74, 6) is 0.345. The molecular formula is C9H18NO. The van der Waals surface area contributed by atoms with Gasteiger partial charge >= 0.3 is 0 Å². The molecule has 0 rings (SSSR count). The van der Waals surface area contributed by atoms with Crippen LogP contribution in [0.1, 0.15) is 27.2 Å². The zero-order valence-corrected chi connectivity index (χ0v) is 7.76. The van der Waals surface area contributed by atoms with E-state index in [0.29, 0.717) is 0 Å².